The average molecular weight is 569 g/mol. The average Bonchev–Trinajstić information content (AvgIpc) is 2.85. The molecule has 0 aromatic heterocycles. The van der Waals surface area contributed by atoms with Crippen LogP contribution >= 0.6 is 0 Å². The van der Waals surface area contributed by atoms with Crippen LogP contribution in [0.25, 0.3) is 0 Å². The minimum Gasteiger partial charge on any atom is -0.748 e. The maximum atomic E-state index is 11.6. The Bertz CT molecular complexity index is 524. The molecule has 0 N–H and O–H groups in total. The molecule has 0 heterocycles. The van der Waals surface area contributed by atoms with E-state index in [1.807, 2.05) is 0 Å². The molecular formula is C32H65KO3S. The predicted molar refractivity (Wildman–Crippen MR) is 159 cm³/mol. The van der Waals surface area contributed by atoms with Gasteiger partial charge in [0, 0.05) is 5.25 Å². The second-order valence-electron chi connectivity index (χ2n) is 11.5. The Morgan fingerprint density at radius 3 is 0.784 bits per heavy atom. The number of rotatable bonds is 30. The SMILES string of the molecule is CCCCCCCCCCCCCCCCCCCCCC(CCCCCCCCCC)S(=O)(=O)[O-].[K+]. The minimum absolute atomic E-state index is 0. The van der Waals surface area contributed by atoms with Crippen LogP contribution in [0.3, 0.4) is 0 Å². The van der Waals surface area contributed by atoms with Crippen LogP contribution in [0.1, 0.15) is 200 Å². The van der Waals surface area contributed by atoms with E-state index in [1.54, 1.807) is 0 Å². The zero-order chi connectivity index (χ0) is 26.6. The van der Waals surface area contributed by atoms with E-state index in [2.05, 4.69) is 13.8 Å². The van der Waals surface area contributed by atoms with Gasteiger partial charge in [-0.25, -0.2) is 8.42 Å². The summed E-state index contributed by atoms with van der Waals surface area (Å²) in [6.45, 7) is 4.51. The summed E-state index contributed by atoms with van der Waals surface area (Å²) in [6.07, 6.45) is 36.1. The van der Waals surface area contributed by atoms with Crippen molar-refractivity contribution in [3.8, 4) is 0 Å². The van der Waals surface area contributed by atoms with Crippen LogP contribution in [0.5, 0.6) is 0 Å². The van der Waals surface area contributed by atoms with Crippen molar-refractivity contribution in [1.29, 1.82) is 0 Å². The van der Waals surface area contributed by atoms with E-state index < -0.39 is 15.4 Å². The van der Waals surface area contributed by atoms with Crippen molar-refractivity contribution in [2.45, 2.75) is 205 Å². The Labute approximate surface area is 277 Å². The van der Waals surface area contributed by atoms with Crippen LogP contribution in [-0.4, -0.2) is 18.2 Å². The topological polar surface area (TPSA) is 57.2 Å². The fourth-order valence-electron chi connectivity index (χ4n) is 5.39. The summed E-state index contributed by atoms with van der Waals surface area (Å²) in [5.74, 6) is 0. The Morgan fingerprint density at radius 1 is 0.405 bits per heavy atom. The van der Waals surface area contributed by atoms with Gasteiger partial charge in [-0.05, 0) is 12.8 Å². The second kappa shape index (κ2) is 32.1. The zero-order valence-corrected chi connectivity index (χ0v) is 29.7. The van der Waals surface area contributed by atoms with Crippen molar-refractivity contribution in [3.63, 3.8) is 0 Å². The van der Waals surface area contributed by atoms with E-state index in [4.69, 9.17) is 0 Å². The van der Waals surface area contributed by atoms with Gasteiger partial charge in [0.05, 0.1) is 10.1 Å². The van der Waals surface area contributed by atoms with Gasteiger partial charge in [-0.3, -0.25) is 0 Å². The van der Waals surface area contributed by atoms with Gasteiger partial charge in [0.2, 0.25) is 0 Å². The monoisotopic (exact) mass is 568 g/mol. The third kappa shape index (κ3) is 31.9. The van der Waals surface area contributed by atoms with Crippen molar-refractivity contribution in [2.75, 3.05) is 0 Å². The van der Waals surface area contributed by atoms with E-state index >= 15 is 0 Å². The molecule has 0 bridgehead atoms. The van der Waals surface area contributed by atoms with E-state index in [0.717, 1.165) is 25.7 Å². The first-order chi connectivity index (χ1) is 17.5. The van der Waals surface area contributed by atoms with Crippen LogP contribution in [0.4, 0.5) is 0 Å². The molecule has 0 amide bonds. The molecule has 0 aliphatic rings. The van der Waals surface area contributed by atoms with Gasteiger partial charge in [0.1, 0.15) is 0 Å². The van der Waals surface area contributed by atoms with Gasteiger partial charge in [0.25, 0.3) is 0 Å². The van der Waals surface area contributed by atoms with E-state index in [-0.39, 0.29) is 51.4 Å². The Balaban J connectivity index is 0. The van der Waals surface area contributed by atoms with Gasteiger partial charge >= 0.3 is 51.4 Å². The molecule has 218 valence electrons. The standard InChI is InChI=1S/C32H66O3S.K/c1-3-5-7-9-11-13-14-15-16-17-18-19-20-21-22-23-25-27-29-31-32(36(33,34)35)30-28-26-24-12-10-8-6-4-2;/h32H,3-31H2,1-2H3,(H,33,34,35);/q;+1/p-1. The normalized spacial score (nSPS) is 12.5. The van der Waals surface area contributed by atoms with Crippen LogP contribution < -0.4 is 51.4 Å². The Hall–Kier alpha value is 1.55. The molecule has 0 radical (unpaired) electrons. The minimum atomic E-state index is -4.14. The first-order valence-corrected chi connectivity index (χ1v) is 17.9. The van der Waals surface area contributed by atoms with Crippen LogP contribution in [0.15, 0.2) is 0 Å². The van der Waals surface area contributed by atoms with Crippen LogP contribution in [0, 0.1) is 0 Å². The first-order valence-electron chi connectivity index (χ1n) is 16.5. The first kappa shape index (κ1) is 40.7. The number of hydrogen-bond donors (Lipinski definition) is 0. The summed E-state index contributed by atoms with van der Waals surface area (Å²) < 4.78 is 34.9. The molecule has 0 fully saturated rings. The molecule has 0 aromatic rings. The number of unbranched alkanes of at least 4 members (excludes halogenated alkanes) is 25. The maximum Gasteiger partial charge on any atom is 1.00 e. The zero-order valence-electron chi connectivity index (χ0n) is 25.7. The molecule has 0 aliphatic carbocycles. The fraction of sp³-hybridized carbons (Fsp3) is 1.00. The maximum absolute atomic E-state index is 11.6. The summed E-state index contributed by atoms with van der Waals surface area (Å²) in [4.78, 5) is 0. The largest absolute Gasteiger partial charge is 1.00 e. The van der Waals surface area contributed by atoms with Crippen molar-refractivity contribution in [1.82, 2.24) is 0 Å². The van der Waals surface area contributed by atoms with Gasteiger partial charge in [-0.1, -0.05) is 187 Å². The van der Waals surface area contributed by atoms with Crippen molar-refractivity contribution >= 4 is 10.1 Å². The molecule has 5 heteroatoms. The quantitative estimate of drug-likeness (QED) is 0.0498. The van der Waals surface area contributed by atoms with Gasteiger partial charge in [-0.2, -0.15) is 0 Å². The summed E-state index contributed by atoms with van der Waals surface area (Å²) in [6, 6.07) is 0. The van der Waals surface area contributed by atoms with Gasteiger partial charge in [0.15, 0.2) is 0 Å². The fourth-order valence-corrected chi connectivity index (χ4v) is 6.30. The Kier molecular flexibility index (Phi) is 35.3. The molecule has 1 atom stereocenters. The van der Waals surface area contributed by atoms with Crippen LogP contribution in [0.2, 0.25) is 0 Å². The molecule has 0 spiro atoms. The van der Waals surface area contributed by atoms with E-state index in [0.29, 0.717) is 12.8 Å². The van der Waals surface area contributed by atoms with E-state index in [1.165, 1.54) is 148 Å². The predicted octanol–water partition coefficient (Wildman–Crippen LogP) is 8.26. The molecule has 37 heavy (non-hydrogen) atoms. The van der Waals surface area contributed by atoms with Gasteiger partial charge < -0.3 is 4.55 Å². The summed E-state index contributed by atoms with van der Waals surface area (Å²) >= 11 is 0. The third-order valence-corrected chi connectivity index (χ3v) is 9.21. The van der Waals surface area contributed by atoms with Gasteiger partial charge in [-0.15, -0.1) is 0 Å². The molecule has 0 saturated carbocycles. The number of hydrogen-bond acceptors (Lipinski definition) is 3. The van der Waals surface area contributed by atoms with Crippen LogP contribution in [-0.2, 0) is 10.1 Å². The smallest absolute Gasteiger partial charge is 0.748 e. The molecule has 0 aliphatic heterocycles. The third-order valence-electron chi connectivity index (χ3n) is 7.92. The molecular weight excluding hydrogens is 504 g/mol. The molecule has 0 rings (SSSR count). The van der Waals surface area contributed by atoms with Crippen molar-refractivity contribution < 1.29 is 64.4 Å². The summed E-state index contributed by atoms with van der Waals surface area (Å²) in [7, 11) is -4.14. The summed E-state index contributed by atoms with van der Waals surface area (Å²) in [5.41, 5.74) is 0. The van der Waals surface area contributed by atoms with Crippen molar-refractivity contribution in [2.24, 2.45) is 0 Å². The molecule has 3 nitrogen and oxygen atoms in total. The molecule has 1 unspecified atom stereocenters. The summed E-state index contributed by atoms with van der Waals surface area (Å²) in [5, 5.41) is -0.650. The second-order valence-corrected chi connectivity index (χ2v) is 13.2. The molecule has 0 saturated heterocycles. The Morgan fingerprint density at radius 2 is 0.595 bits per heavy atom. The van der Waals surface area contributed by atoms with E-state index in [9.17, 15) is 13.0 Å². The molecule has 0 aromatic carbocycles. The van der Waals surface area contributed by atoms with Crippen molar-refractivity contribution in [3.05, 3.63) is 0 Å².